The highest BCUT2D eigenvalue weighted by Gasteiger charge is 2.23. The minimum Gasteiger partial charge on any atom is -0.480 e. The normalized spacial score (nSPS) is 13.5. The summed E-state index contributed by atoms with van der Waals surface area (Å²) < 4.78 is 20.3. The SMILES string of the molecule is Cc1c(Cl)cc(S(=O)O)cc1N(C[C@H](N)C(=O)O)C(N)=O. The summed E-state index contributed by atoms with van der Waals surface area (Å²) >= 11 is 3.62. The Morgan fingerprint density at radius 3 is 2.48 bits per heavy atom. The van der Waals surface area contributed by atoms with Crippen LogP contribution in [0.1, 0.15) is 5.56 Å². The van der Waals surface area contributed by atoms with Crippen LogP contribution in [0.4, 0.5) is 10.5 Å². The average molecular weight is 336 g/mol. The fraction of sp³-hybridized carbons (Fsp3) is 0.273. The number of nitrogens with zero attached hydrogens (tertiary/aromatic N) is 1. The molecular formula is C11H14ClN3O5S. The molecule has 2 atom stereocenters. The number of hydrogen-bond acceptors (Lipinski definition) is 4. The van der Waals surface area contributed by atoms with Gasteiger partial charge in [-0.15, -0.1) is 0 Å². The van der Waals surface area contributed by atoms with Crippen molar-refractivity contribution >= 4 is 40.4 Å². The van der Waals surface area contributed by atoms with Crippen molar-refractivity contribution in [2.24, 2.45) is 11.5 Å². The van der Waals surface area contributed by atoms with E-state index < -0.39 is 35.7 Å². The summed E-state index contributed by atoms with van der Waals surface area (Å²) in [5, 5.41) is 8.95. The number of anilines is 1. The van der Waals surface area contributed by atoms with Crippen molar-refractivity contribution < 1.29 is 23.5 Å². The van der Waals surface area contributed by atoms with Crippen LogP contribution in [0.3, 0.4) is 0 Å². The molecule has 0 aliphatic heterocycles. The number of hydrogen-bond donors (Lipinski definition) is 4. The Hall–Kier alpha value is -1.68. The Balaban J connectivity index is 3.34. The summed E-state index contributed by atoms with van der Waals surface area (Å²) in [6.07, 6.45) is 0. The second kappa shape index (κ2) is 6.85. The van der Waals surface area contributed by atoms with Gasteiger partial charge < -0.3 is 21.1 Å². The van der Waals surface area contributed by atoms with Crippen LogP contribution in [-0.4, -0.2) is 38.5 Å². The molecule has 0 heterocycles. The van der Waals surface area contributed by atoms with E-state index in [4.69, 9.17) is 32.7 Å². The van der Waals surface area contributed by atoms with Gasteiger partial charge in [-0.25, -0.2) is 9.00 Å². The molecule has 6 N–H and O–H groups in total. The lowest BCUT2D eigenvalue weighted by Crippen LogP contribution is -2.47. The highest BCUT2D eigenvalue weighted by atomic mass is 35.5. The number of carboxylic acids is 1. The molecule has 0 saturated carbocycles. The van der Waals surface area contributed by atoms with Crippen LogP contribution < -0.4 is 16.4 Å². The summed E-state index contributed by atoms with van der Waals surface area (Å²) in [4.78, 5) is 23.2. The van der Waals surface area contributed by atoms with Crippen molar-refractivity contribution in [3.8, 4) is 0 Å². The van der Waals surface area contributed by atoms with Crippen molar-refractivity contribution in [2.45, 2.75) is 17.9 Å². The van der Waals surface area contributed by atoms with E-state index in [-0.39, 0.29) is 15.6 Å². The number of aliphatic carboxylic acids is 1. The third-order valence-electron chi connectivity index (χ3n) is 2.75. The number of primary amides is 1. The van der Waals surface area contributed by atoms with E-state index >= 15 is 0 Å². The molecule has 21 heavy (non-hydrogen) atoms. The second-order valence-corrected chi connectivity index (χ2v) is 5.57. The van der Waals surface area contributed by atoms with Crippen molar-refractivity contribution in [1.82, 2.24) is 0 Å². The highest BCUT2D eigenvalue weighted by molar-refractivity contribution is 7.79. The van der Waals surface area contributed by atoms with E-state index in [0.717, 1.165) is 4.90 Å². The maximum atomic E-state index is 11.5. The van der Waals surface area contributed by atoms with Crippen molar-refractivity contribution in [3.63, 3.8) is 0 Å². The number of rotatable bonds is 5. The van der Waals surface area contributed by atoms with Gasteiger partial charge in [0.2, 0.25) is 0 Å². The number of carbonyl (C=O) groups is 2. The lowest BCUT2D eigenvalue weighted by Gasteiger charge is -2.25. The smallest absolute Gasteiger partial charge is 0.322 e. The molecule has 0 aromatic heterocycles. The van der Waals surface area contributed by atoms with Gasteiger partial charge in [0.05, 0.1) is 17.1 Å². The van der Waals surface area contributed by atoms with Crippen molar-refractivity contribution in [3.05, 3.63) is 22.7 Å². The first-order valence-electron chi connectivity index (χ1n) is 5.61. The van der Waals surface area contributed by atoms with Gasteiger partial charge in [-0.05, 0) is 24.6 Å². The summed E-state index contributed by atoms with van der Waals surface area (Å²) in [7, 11) is 0. The quantitative estimate of drug-likeness (QED) is 0.577. The molecule has 1 rings (SSSR count). The van der Waals surface area contributed by atoms with Gasteiger partial charge in [-0.2, -0.15) is 0 Å². The number of urea groups is 1. The fourth-order valence-corrected chi connectivity index (χ4v) is 2.31. The number of nitrogens with two attached hydrogens (primary N) is 2. The van der Waals surface area contributed by atoms with Crippen LogP contribution in [0.15, 0.2) is 17.0 Å². The lowest BCUT2D eigenvalue weighted by atomic mass is 10.1. The molecular weight excluding hydrogens is 322 g/mol. The van der Waals surface area contributed by atoms with Crippen LogP contribution >= 0.6 is 11.6 Å². The number of carboxylic acid groups (broad SMARTS) is 1. The first kappa shape index (κ1) is 17.4. The molecule has 0 fully saturated rings. The molecule has 0 aliphatic rings. The minimum atomic E-state index is -2.32. The summed E-state index contributed by atoms with van der Waals surface area (Å²) in [5.41, 5.74) is 11.1. The predicted molar refractivity (Wildman–Crippen MR) is 77.8 cm³/mol. The molecule has 0 radical (unpaired) electrons. The summed E-state index contributed by atoms with van der Waals surface area (Å²) in [6, 6.07) is 0.189. The van der Waals surface area contributed by atoms with Gasteiger partial charge in [0, 0.05) is 5.02 Å². The van der Waals surface area contributed by atoms with Gasteiger partial charge in [0.25, 0.3) is 0 Å². The van der Waals surface area contributed by atoms with Gasteiger partial charge in [-0.1, -0.05) is 11.6 Å². The third kappa shape index (κ3) is 4.14. The molecule has 10 heteroatoms. The number of halogens is 1. The molecule has 1 aromatic carbocycles. The maximum Gasteiger partial charge on any atom is 0.322 e. The zero-order valence-corrected chi connectivity index (χ0v) is 12.5. The molecule has 0 bridgehead atoms. The highest BCUT2D eigenvalue weighted by Crippen LogP contribution is 2.30. The van der Waals surface area contributed by atoms with Crippen LogP contribution in [-0.2, 0) is 15.9 Å². The van der Waals surface area contributed by atoms with E-state index in [1.165, 1.54) is 12.1 Å². The van der Waals surface area contributed by atoms with Crippen LogP contribution in [0, 0.1) is 6.92 Å². The zero-order valence-electron chi connectivity index (χ0n) is 10.9. The number of amides is 2. The van der Waals surface area contributed by atoms with Gasteiger partial charge in [0.1, 0.15) is 6.04 Å². The molecule has 1 aromatic rings. The van der Waals surface area contributed by atoms with Gasteiger partial charge in [0.15, 0.2) is 11.1 Å². The zero-order chi connectivity index (χ0) is 16.3. The van der Waals surface area contributed by atoms with Crippen LogP contribution in [0.25, 0.3) is 0 Å². The largest absolute Gasteiger partial charge is 0.480 e. The standard InChI is InChI=1S/C11H14ClN3O5S/c1-5-7(12)2-6(21(19)20)3-9(5)15(11(14)18)4-8(13)10(16)17/h2-3,8H,4,13H2,1H3,(H2,14,18)(H,16,17)(H,19,20)/t8-/m0/s1. The van der Waals surface area contributed by atoms with Crippen molar-refractivity contribution in [2.75, 3.05) is 11.4 Å². The molecule has 2 amide bonds. The Labute approximate surface area is 127 Å². The molecule has 8 nitrogen and oxygen atoms in total. The molecule has 116 valence electrons. The Morgan fingerprint density at radius 2 is 2.05 bits per heavy atom. The molecule has 0 saturated heterocycles. The van der Waals surface area contributed by atoms with E-state index in [9.17, 15) is 13.8 Å². The van der Waals surface area contributed by atoms with E-state index in [1.807, 2.05) is 0 Å². The Kier molecular flexibility index (Phi) is 5.67. The number of carbonyl (C=O) groups excluding carboxylic acids is 1. The Morgan fingerprint density at radius 1 is 1.48 bits per heavy atom. The topological polar surface area (TPSA) is 147 Å². The second-order valence-electron chi connectivity index (χ2n) is 4.19. The first-order valence-corrected chi connectivity index (χ1v) is 7.10. The lowest BCUT2D eigenvalue weighted by molar-refractivity contribution is -0.138. The van der Waals surface area contributed by atoms with E-state index in [1.54, 1.807) is 6.92 Å². The van der Waals surface area contributed by atoms with Gasteiger partial charge in [-0.3, -0.25) is 9.69 Å². The van der Waals surface area contributed by atoms with E-state index in [2.05, 4.69) is 0 Å². The molecule has 0 spiro atoms. The monoisotopic (exact) mass is 335 g/mol. The Bertz CT molecular complexity index is 610. The summed E-state index contributed by atoms with van der Waals surface area (Å²) in [5.74, 6) is -1.31. The minimum absolute atomic E-state index is 0.0456. The first-order chi connectivity index (χ1) is 9.65. The fourth-order valence-electron chi connectivity index (χ4n) is 1.60. The average Bonchev–Trinajstić information content (AvgIpc) is 2.38. The maximum absolute atomic E-state index is 11.5. The molecule has 0 aliphatic carbocycles. The van der Waals surface area contributed by atoms with Crippen molar-refractivity contribution in [1.29, 1.82) is 0 Å². The molecule has 1 unspecified atom stereocenters. The van der Waals surface area contributed by atoms with Gasteiger partial charge >= 0.3 is 12.0 Å². The predicted octanol–water partition coefficient (Wildman–Crippen LogP) is 0.526. The number of benzene rings is 1. The van der Waals surface area contributed by atoms with Crippen LogP contribution in [0.2, 0.25) is 5.02 Å². The van der Waals surface area contributed by atoms with E-state index in [0.29, 0.717) is 5.56 Å². The summed E-state index contributed by atoms with van der Waals surface area (Å²) in [6.45, 7) is 1.16. The van der Waals surface area contributed by atoms with Crippen LogP contribution in [0.5, 0.6) is 0 Å². The third-order valence-corrected chi connectivity index (χ3v) is 3.78.